The SMILES string of the molecule is CC(C)=CC(=N)c1ccc(N)c(CC2CCCC2)c1. The normalized spacial score (nSPS) is 15.5. The summed E-state index contributed by atoms with van der Waals surface area (Å²) in [7, 11) is 0. The molecule has 0 heterocycles. The third kappa shape index (κ3) is 3.69. The van der Waals surface area contributed by atoms with Crippen molar-refractivity contribution in [3.8, 4) is 0 Å². The van der Waals surface area contributed by atoms with Crippen molar-refractivity contribution < 1.29 is 0 Å². The average Bonchev–Trinajstić information content (AvgIpc) is 2.84. The Hall–Kier alpha value is -1.57. The van der Waals surface area contributed by atoms with Gasteiger partial charge in [0.25, 0.3) is 0 Å². The van der Waals surface area contributed by atoms with Gasteiger partial charge in [-0.05, 0) is 55.5 Å². The van der Waals surface area contributed by atoms with Gasteiger partial charge in [0.1, 0.15) is 0 Å². The molecule has 0 amide bonds. The minimum atomic E-state index is 0.577. The zero-order chi connectivity index (χ0) is 13.8. The van der Waals surface area contributed by atoms with Crippen LogP contribution in [0.5, 0.6) is 0 Å². The topological polar surface area (TPSA) is 49.9 Å². The lowest BCUT2D eigenvalue weighted by atomic mass is 9.94. The summed E-state index contributed by atoms with van der Waals surface area (Å²) in [4.78, 5) is 0. The van der Waals surface area contributed by atoms with Crippen LogP contribution in [0.25, 0.3) is 0 Å². The Morgan fingerprint density at radius 3 is 2.63 bits per heavy atom. The van der Waals surface area contributed by atoms with E-state index < -0.39 is 0 Å². The van der Waals surface area contributed by atoms with E-state index in [-0.39, 0.29) is 0 Å². The van der Waals surface area contributed by atoms with E-state index in [4.69, 9.17) is 11.1 Å². The second-order valence-electron chi connectivity index (χ2n) is 5.90. The fourth-order valence-corrected chi connectivity index (χ4v) is 2.85. The molecule has 2 heteroatoms. The smallest absolute Gasteiger partial charge is 0.0611 e. The van der Waals surface area contributed by atoms with Gasteiger partial charge in [-0.2, -0.15) is 0 Å². The molecule has 102 valence electrons. The van der Waals surface area contributed by atoms with Gasteiger partial charge in [0.2, 0.25) is 0 Å². The number of hydrogen-bond acceptors (Lipinski definition) is 2. The van der Waals surface area contributed by atoms with Gasteiger partial charge in [-0.25, -0.2) is 0 Å². The maximum absolute atomic E-state index is 8.09. The summed E-state index contributed by atoms with van der Waals surface area (Å²) in [6.45, 7) is 4.04. The van der Waals surface area contributed by atoms with Crippen molar-refractivity contribution in [2.75, 3.05) is 5.73 Å². The zero-order valence-corrected chi connectivity index (χ0v) is 12.0. The monoisotopic (exact) mass is 256 g/mol. The summed E-state index contributed by atoms with van der Waals surface area (Å²) in [5.41, 5.74) is 10.9. The predicted molar refractivity (Wildman–Crippen MR) is 82.8 cm³/mol. The summed E-state index contributed by atoms with van der Waals surface area (Å²) in [6.07, 6.45) is 8.35. The van der Waals surface area contributed by atoms with Gasteiger partial charge in [-0.1, -0.05) is 37.3 Å². The van der Waals surface area contributed by atoms with Crippen LogP contribution in [-0.2, 0) is 6.42 Å². The highest BCUT2D eigenvalue weighted by Gasteiger charge is 2.17. The lowest BCUT2D eigenvalue weighted by molar-refractivity contribution is 0.547. The van der Waals surface area contributed by atoms with Crippen LogP contribution in [0, 0.1) is 11.3 Å². The molecule has 0 radical (unpaired) electrons. The van der Waals surface area contributed by atoms with Crippen molar-refractivity contribution in [3.63, 3.8) is 0 Å². The highest BCUT2D eigenvalue weighted by Crippen LogP contribution is 2.30. The van der Waals surface area contributed by atoms with Gasteiger partial charge < -0.3 is 11.1 Å². The zero-order valence-electron chi connectivity index (χ0n) is 12.0. The molecule has 1 aromatic rings. The molecule has 19 heavy (non-hydrogen) atoms. The van der Waals surface area contributed by atoms with Crippen molar-refractivity contribution >= 4 is 11.4 Å². The van der Waals surface area contributed by atoms with E-state index >= 15 is 0 Å². The van der Waals surface area contributed by atoms with E-state index in [0.717, 1.165) is 29.2 Å². The molecule has 0 aromatic heterocycles. The lowest BCUT2D eigenvalue weighted by Crippen LogP contribution is -2.05. The quantitative estimate of drug-likeness (QED) is 0.611. The molecule has 0 aliphatic heterocycles. The minimum Gasteiger partial charge on any atom is -0.399 e. The molecular weight excluding hydrogens is 232 g/mol. The molecule has 0 atom stereocenters. The van der Waals surface area contributed by atoms with Gasteiger partial charge in [-0.3, -0.25) is 0 Å². The summed E-state index contributed by atoms with van der Waals surface area (Å²) in [5, 5.41) is 8.09. The van der Waals surface area contributed by atoms with Crippen LogP contribution < -0.4 is 5.73 Å². The van der Waals surface area contributed by atoms with Crippen LogP contribution in [0.3, 0.4) is 0 Å². The number of hydrogen-bond donors (Lipinski definition) is 2. The third-order valence-electron chi connectivity index (χ3n) is 3.87. The van der Waals surface area contributed by atoms with Crippen LogP contribution in [0.1, 0.15) is 50.7 Å². The molecule has 1 aromatic carbocycles. The second-order valence-corrected chi connectivity index (χ2v) is 5.90. The van der Waals surface area contributed by atoms with Gasteiger partial charge in [-0.15, -0.1) is 0 Å². The first-order valence-corrected chi connectivity index (χ1v) is 7.18. The number of nitrogens with two attached hydrogens (primary N) is 1. The van der Waals surface area contributed by atoms with Gasteiger partial charge >= 0.3 is 0 Å². The van der Waals surface area contributed by atoms with E-state index in [0.29, 0.717) is 5.71 Å². The lowest BCUT2D eigenvalue weighted by Gasteiger charge is -2.13. The van der Waals surface area contributed by atoms with Crippen molar-refractivity contribution in [1.82, 2.24) is 0 Å². The Bertz CT molecular complexity index is 490. The number of nitrogens with one attached hydrogen (secondary N) is 1. The third-order valence-corrected chi connectivity index (χ3v) is 3.87. The molecule has 0 unspecified atom stereocenters. The maximum Gasteiger partial charge on any atom is 0.0611 e. The highest BCUT2D eigenvalue weighted by molar-refractivity contribution is 6.07. The summed E-state index contributed by atoms with van der Waals surface area (Å²) in [6, 6.07) is 6.01. The Morgan fingerprint density at radius 1 is 1.32 bits per heavy atom. The molecule has 3 N–H and O–H groups in total. The maximum atomic E-state index is 8.09. The first kappa shape index (κ1) is 13.9. The highest BCUT2D eigenvalue weighted by atomic mass is 14.6. The van der Waals surface area contributed by atoms with E-state index in [1.54, 1.807) is 0 Å². The second kappa shape index (κ2) is 6.05. The fraction of sp³-hybridized carbons (Fsp3) is 0.471. The molecule has 1 aliphatic carbocycles. The first-order valence-electron chi connectivity index (χ1n) is 7.18. The molecule has 1 fully saturated rings. The number of rotatable bonds is 4. The Morgan fingerprint density at radius 2 is 2.00 bits per heavy atom. The molecule has 0 bridgehead atoms. The van der Waals surface area contributed by atoms with Gasteiger partial charge in [0, 0.05) is 5.69 Å². The Balaban J connectivity index is 2.18. The van der Waals surface area contributed by atoms with Crippen molar-refractivity contribution in [3.05, 3.63) is 41.0 Å². The molecule has 1 aliphatic rings. The molecule has 0 saturated heterocycles. The number of allylic oxidation sites excluding steroid dienone is 2. The van der Waals surface area contributed by atoms with Crippen molar-refractivity contribution in [1.29, 1.82) is 5.41 Å². The van der Waals surface area contributed by atoms with Crippen LogP contribution in [0.4, 0.5) is 5.69 Å². The molecule has 1 saturated carbocycles. The van der Waals surface area contributed by atoms with E-state index in [2.05, 4.69) is 6.07 Å². The molecule has 2 nitrogen and oxygen atoms in total. The molecule has 0 spiro atoms. The van der Waals surface area contributed by atoms with Crippen LogP contribution in [0.15, 0.2) is 29.8 Å². The van der Waals surface area contributed by atoms with E-state index in [1.165, 1.54) is 31.2 Å². The fourth-order valence-electron chi connectivity index (χ4n) is 2.85. The van der Waals surface area contributed by atoms with Crippen molar-refractivity contribution in [2.24, 2.45) is 5.92 Å². The van der Waals surface area contributed by atoms with E-state index in [1.807, 2.05) is 32.1 Å². The first-order chi connectivity index (χ1) is 9.06. The van der Waals surface area contributed by atoms with Crippen LogP contribution >= 0.6 is 0 Å². The summed E-state index contributed by atoms with van der Waals surface area (Å²) < 4.78 is 0. The summed E-state index contributed by atoms with van der Waals surface area (Å²) >= 11 is 0. The molecule has 2 rings (SSSR count). The number of anilines is 1. The largest absolute Gasteiger partial charge is 0.399 e. The standard InChI is InChI=1S/C17H24N2/c1-12(2)9-17(19)14-7-8-16(18)15(11-14)10-13-5-3-4-6-13/h7-9,11,13,19H,3-6,10,18H2,1-2H3. The molecular formula is C17H24N2. The van der Waals surface area contributed by atoms with Gasteiger partial charge in [0.15, 0.2) is 0 Å². The average molecular weight is 256 g/mol. The van der Waals surface area contributed by atoms with Gasteiger partial charge in [0.05, 0.1) is 5.71 Å². The predicted octanol–water partition coefficient (Wildman–Crippen LogP) is 4.34. The van der Waals surface area contributed by atoms with Crippen LogP contribution in [0.2, 0.25) is 0 Å². The van der Waals surface area contributed by atoms with Crippen molar-refractivity contribution in [2.45, 2.75) is 46.0 Å². The van der Waals surface area contributed by atoms with Crippen LogP contribution in [-0.4, -0.2) is 5.71 Å². The Labute approximate surface area is 116 Å². The number of nitrogen functional groups attached to an aromatic ring is 1. The number of benzene rings is 1. The minimum absolute atomic E-state index is 0.577. The van der Waals surface area contributed by atoms with E-state index in [9.17, 15) is 0 Å². The Kier molecular flexibility index (Phi) is 4.41. The summed E-state index contributed by atoms with van der Waals surface area (Å²) in [5.74, 6) is 0.787.